The maximum absolute atomic E-state index is 8.95. The van der Waals surface area contributed by atoms with E-state index in [1.54, 1.807) is 0 Å². The summed E-state index contributed by atoms with van der Waals surface area (Å²) in [6.07, 6.45) is 1.85. The van der Waals surface area contributed by atoms with Gasteiger partial charge in [0.25, 0.3) is 0 Å². The maximum Gasteiger partial charge on any atom is 0.569 e. The van der Waals surface area contributed by atoms with Crippen LogP contribution in [0, 0.1) is 0 Å². The highest BCUT2D eigenvalue weighted by molar-refractivity contribution is 6.18. The third-order valence-corrected chi connectivity index (χ3v) is 5.29. The summed E-state index contributed by atoms with van der Waals surface area (Å²) in [5.74, 6) is 1.59. The molecule has 2 aromatic carbocycles. The van der Waals surface area contributed by atoms with E-state index in [1.807, 2.05) is 30.5 Å². The van der Waals surface area contributed by atoms with Crippen LogP contribution >= 0.6 is 0 Å². The number of fused-ring (bicyclic) bond motifs is 5. The van der Waals surface area contributed by atoms with E-state index in [0.717, 1.165) is 16.7 Å². The highest BCUT2D eigenvalue weighted by Crippen LogP contribution is 2.46. The molecule has 26 heavy (non-hydrogen) atoms. The van der Waals surface area contributed by atoms with Crippen molar-refractivity contribution in [3.63, 3.8) is 0 Å². The third-order valence-electron chi connectivity index (χ3n) is 5.29. The van der Waals surface area contributed by atoms with Crippen molar-refractivity contribution in [2.75, 3.05) is 0 Å². The minimum atomic E-state index is -0.119. The van der Waals surface area contributed by atoms with Gasteiger partial charge in [0.1, 0.15) is 11.6 Å². The SMILES string of the molecule is C.CC1(C)c2cccnc2-n2c3ccc(O[B]O)cc3c3cccc1c32. The molecule has 0 aliphatic carbocycles. The number of hydrogen-bond donors (Lipinski definition) is 1. The Labute approximate surface area is 153 Å². The van der Waals surface area contributed by atoms with E-state index in [2.05, 4.69) is 42.7 Å². The Morgan fingerprint density at radius 3 is 2.65 bits per heavy atom. The quantitative estimate of drug-likeness (QED) is 0.550. The minimum Gasteiger partial charge on any atom is -0.537 e. The van der Waals surface area contributed by atoms with Crippen molar-refractivity contribution in [1.29, 1.82) is 0 Å². The Morgan fingerprint density at radius 2 is 1.85 bits per heavy atom. The van der Waals surface area contributed by atoms with E-state index in [0.29, 0.717) is 13.4 Å². The van der Waals surface area contributed by atoms with Gasteiger partial charge in [0.15, 0.2) is 0 Å². The highest BCUT2D eigenvalue weighted by Gasteiger charge is 2.35. The van der Waals surface area contributed by atoms with E-state index < -0.39 is 0 Å². The van der Waals surface area contributed by atoms with Gasteiger partial charge in [0.05, 0.1) is 11.0 Å². The van der Waals surface area contributed by atoms with Gasteiger partial charge in [-0.15, -0.1) is 0 Å². The van der Waals surface area contributed by atoms with Crippen LogP contribution in [-0.4, -0.2) is 22.3 Å². The van der Waals surface area contributed by atoms with Crippen molar-refractivity contribution >= 4 is 29.5 Å². The highest BCUT2D eigenvalue weighted by atomic mass is 16.5. The Morgan fingerprint density at radius 1 is 1.04 bits per heavy atom. The molecule has 5 heteroatoms. The standard InChI is InChI=1S/C20H16BN2O2.CH4/c1-20(2)15-6-3-5-13-14-11-12(25-21-24)8-9-17(14)23(18(13)15)19-16(20)7-4-10-22-19;/h3-11,24H,1-2H3;1H4. The van der Waals surface area contributed by atoms with Crippen LogP contribution in [0.25, 0.3) is 27.6 Å². The van der Waals surface area contributed by atoms with Crippen molar-refractivity contribution in [2.45, 2.75) is 26.7 Å². The summed E-state index contributed by atoms with van der Waals surface area (Å²) in [5, 5.41) is 11.2. The zero-order valence-electron chi connectivity index (χ0n) is 14.0. The minimum absolute atomic E-state index is 0. The van der Waals surface area contributed by atoms with Crippen LogP contribution in [0.15, 0.2) is 54.7 Å². The number of aromatic nitrogens is 2. The number of pyridine rings is 1. The molecule has 1 N–H and O–H groups in total. The van der Waals surface area contributed by atoms with Gasteiger partial charge in [-0.1, -0.05) is 45.5 Å². The first-order valence-electron chi connectivity index (χ1n) is 8.29. The fraction of sp³-hybridized carbons (Fsp3) is 0.190. The molecular weight excluding hydrogens is 323 g/mol. The second-order valence-corrected chi connectivity index (χ2v) is 6.94. The van der Waals surface area contributed by atoms with Crippen molar-refractivity contribution in [1.82, 2.24) is 9.55 Å². The average molecular weight is 343 g/mol. The number of benzene rings is 2. The Balaban J connectivity index is 0.00000168. The average Bonchev–Trinajstić information content (AvgIpc) is 2.95. The van der Waals surface area contributed by atoms with Crippen molar-refractivity contribution < 1.29 is 9.68 Å². The summed E-state index contributed by atoms with van der Waals surface area (Å²) >= 11 is 0. The molecule has 2 aromatic heterocycles. The number of nitrogens with zero attached hydrogens (tertiary/aromatic N) is 2. The van der Waals surface area contributed by atoms with E-state index in [9.17, 15) is 0 Å². The second kappa shape index (κ2) is 5.61. The van der Waals surface area contributed by atoms with E-state index in [1.165, 1.54) is 22.0 Å². The molecule has 1 radical (unpaired) electrons. The predicted molar refractivity (Wildman–Crippen MR) is 106 cm³/mol. The summed E-state index contributed by atoms with van der Waals surface area (Å²) in [6, 6.07) is 16.4. The van der Waals surface area contributed by atoms with Gasteiger partial charge in [0, 0.05) is 27.9 Å². The van der Waals surface area contributed by atoms with Crippen LogP contribution in [0.5, 0.6) is 5.75 Å². The zero-order chi connectivity index (χ0) is 17.2. The molecule has 0 atom stereocenters. The van der Waals surface area contributed by atoms with Gasteiger partial charge in [-0.2, -0.15) is 0 Å². The molecule has 4 aromatic rings. The normalized spacial score (nSPS) is 14.0. The molecule has 1 aliphatic heterocycles. The maximum atomic E-state index is 8.95. The molecule has 0 bridgehead atoms. The predicted octanol–water partition coefficient (Wildman–Crippen LogP) is 4.36. The monoisotopic (exact) mass is 343 g/mol. The molecule has 0 unspecified atom stereocenters. The fourth-order valence-corrected chi connectivity index (χ4v) is 4.11. The van der Waals surface area contributed by atoms with Crippen LogP contribution in [0.1, 0.15) is 32.4 Å². The molecule has 3 heterocycles. The number of rotatable bonds is 2. The van der Waals surface area contributed by atoms with Crippen molar-refractivity contribution in [3.8, 4) is 11.6 Å². The van der Waals surface area contributed by atoms with E-state index >= 15 is 0 Å². The third kappa shape index (κ3) is 1.98. The lowest BCUT2D eigenvalue weighted by Crippen LogP contribution is -2.26. The molecular formula is C21H20BN2O2. The van der Waals surface area contributed by atoms with Crippen LogP contribution in [0.2, 0.25) is 0 Å². The summed E-state index contributed by atoms with van der Waals surface area (Å²) in [4.78, 5) is 4.71. The Bertz CT molecular complexity index is 1150. The van der Waals surface area contributed by atoms with Crippen LogP contribution in [0.4, 0.5) is 0 Å². The van der Waals surface area contributed by atoms with Gasteiger partial charge in [-0.25, -0.2) is 4.98 Å². The second-order valence-electron chi connectivity index (χ2n) is 6.94. The smallest absolute Gasteiger partial charge is 0.537 e. The molecule has 0 saturated heterocycles. The summed E-state index contributed by atoms with van der Waals surface area (Å²) in [5.41, 5.74) is 4.67. The van der Waals surface area contributed by atoms with Crippen LogP contribution < -0.4 is 4.65 Å². The molecule has 0 spiro atoms. The van der Waals surface area contributed by atoms with Gasteiger partial charge in [-0.05, 0) is 29.8 Å². The topological polar surface area (TPSA) is 47.3 Å². The molecule has 0 saturated carbocycles. The van der Waals surface area contributed by atoms with Crippen molar-refractivity contribution in [3.05, 3.63) is 65.9 Å². The van der Waals surface area contributed by atoms with Crippen LogP contribution in [-0.2, 0) is 5.41 Å². The Hall–Kier alpha value is -2.79. The fourth-order valence-electron chi connectivity index (χ4n) is 4.11. The van der Waals surface area contributed by atoms with Gasteiger partial charge < -0.3 is 9.68 Å². The Kier molecular flexibility index (Phi) is 3.60. The lowest BCUT2D eigenvalue weighted by Gasteiger charge is -2.33. The van der Waals surface area contributed by atoms with Crippen molar-refractivity contribution in [2.24, 2.45) is 0 Å². The molecule has 0 fully saturated rings. The van der Waals surface area contributed by atoms with Crippen LogP contribution in [0.3, 0.4) is 0 Å². The number of hydrogen-bond acceptors (Lipinski definition) is 3. The summed E-state index contributed by atoms with van der Waals surface area (Å²) in [7, 11) is 0.712. The number of para-hydroxylation sites is 1. The lowest BCUT2D eigenvalue weighted by atomic mass is 9.76. The molecule has 1 aliphatic rings. The molecule has 129 valence electrons. The zero-order valence-corrected chi connectivity index (χ0v) is 14.0. The molecule has 4 nitrogen and oxygen atoms in total. The molecule has 0 amide bonds. The van der Waals surface area contributed by atoms with Gasteiger partial charge in [0.2, 0.25) is 0 Å². The summed E-state index contributed by atoms with van der Waals surface area (Å²) in [6.45, 7) is 4.50. The van der Waals surface area contributed by atoms with Gasteiger partial charge in [-0.3, -0.25) is 4.57 Å². The first-order valence-corrected chi connectivity index (χ1v) is 8.29. The first kappa shape index (κ1) is 16.7. The van der Waals surface area contributed by atoms with E-state index in [4.69, 9.17) is 14.7 Å². The summed E-state index contributed by atoms with van der Waals surface area (Å²) < 4.78 is 7.41. The first-order chi connectivity index (χ1) is 12.1. The van der Waals surface area contributed by atoms with Gasteiger partial charge >= 0.3 is 7.69 Å². The lowest BCUT2D eigenvalue weighted by molar-refractivity contribution is 0.454. The molecule has 5 rings (SSSR count). The largest absolute Gasteiger partial charge is 0.569 e. The van der Waals surface area contributed by atoms with E-state index in [-0.39, 0.29) is 12.8 Å².